The maximum atomic E-state index is 11.5. The lowest BCUT2D eigenvalue weighted by Crippen LogP contribution is -2.35. The fourth-order valence-electron chi connectivity index (χ4n) is 2.40. The third-order valence-electron chi connectivity index (χ3n) is 3.62. The van der Waals surface area contributed by atoms with Gasteiger partial charge in [0.25, 0.3) is 0 Å². The zero-order chi connectivity index (χ0) is 13.7. The Kier molecular flexibility index (Phi) is 4.93. The highest BCUT2D eigenvalue weighted by atomic mass is 16.3. The Bertz CT molecular complexity index is 408. The van der Waals surface area contributed by atoms with E-state index in [1.165, 1.54) is 0 Å². The molecule has 1 aromatic carbocycles. The Morgan fingerprint density at radius 3 is 2.79 bits per heavy atom. The number of benzene rings is 1. The van der Waals surface area contributed by atoms with Crippen molar-refractivity contribution in [2.75, 3.05) is 13.1 Å². The van der Waals surface area contributed by atoms with E-state index in [4.69, 9.17) is 0 Å². The summed E-state index contributed by atoms with van der Waals surface area (Å²) in [6.07, 6.45) is 1.85. The van der Waals surface area contributed by atoms with Gasteiger partial charge in [-0.25, -0.2) is 5.01 Å². The number of rotatable bonds is 6. The zero-order valence-electron chi connectivity index (χ0n) is 11.4. The van der Waals surface area contributed by atoms with Gasteiger partial charge < -0.3 is 5.11 Å². The van der Waals surface area contributed by atoms with E-state index in [9.17, 15) is 9.90 Å². The standard InChI is InChI=1S/C15H22N2O2/c1-2-13-11-17(16-15(13)19)9-8-14(18)10-12-6-4-3-5-7-12/h3-7,13-14,18H,2,8-11H2,1H3,(H,16,19). The molecule has 0 bridgehead atoms. The molecule has 0 radical (unpaired) electrons. The van der Waals surface area contributed by atoms with E-state index < -0.39 is 0 Å². The third kappa shape index (κ3) is 4.04. The summed E-state index contributed by atoms with van der Waals surface area (Å²) in [5.74, 6) is 0.214. The van der Waals surface area contributed by atoms with E-state index in [2.05, 4.69) is 5.43 Å². The first-order chi connectivity index (χ1) is 9.19. The normalized spacial score (nSPS) is 21.4. The average molecular weight is 262 g/mol. The number of aliphatic hydroxyl groups excluding tert-OH is 1. The van der Waals surface area contributed by atoms with Crippen molar-refractivity contribution >= 4 is 5.91 Å². The SMILES string of the molecule is CCC1CN(CCC(O)Cc2ccccc2)NC1=O. The van der Waals surface area contributed by atoms with Crippen LogP contribution in [0.5, 0.6) is 0 Å². The van der Waals surface area contributed by atoms with Gasteiger partial charge >= 0.3 is 0 Å². The molecule has 2 rings (SSSR count). The molecule has 1 aliphatic heterocycles. The van der Waals surface area contributed by atoms with Crippen molar-refractivity contribution in [2.45, 2.75) is 32.3 Å². The zero-order valence-corrected chi connectivity index (χ0v) is 11.4. The highest BCUT2D eigenvalue weighted by Crippen LogP contribution is 2.13. The van der Waals surface area contributed by atoms with Crippen molar-refractivity contribution in [1.82, 2.24) is 10.4 Å². The van der Waals surface area contributed by atoms with Crippen LogP contribution in [0.4, 0.5) is 0 Å². The van der Waals surface area contributed by atoms with E-state index in [1.807, 2.05) is 42.3 Å². The Balaban J connectivity index is 1.72. The summed E-state index contributed by atoms with van der Waals surface area (Å²) in [7, 11) is 0. The van der Waals surface area contributed by atoms with Gasteiger partial charge in [0, 0.05) is 13.1 Å². The fourth-order valence-corrected chi connectivity index (χ4v) is 2.40. The van der Waals surface area contributed by atoms with Crippen molar-refractivity contribution in [3.05, 3.63) is 35.9 Å². The first-order valence-electron chi connectivity index (χ1n) is 6.96. The summed E-state index contributed by atoms with van der Waals surface area (Å²) in [6.45, 7) is 3.49. The van der Waals surface area contributed by atoms with Gasteiger partial charge in [-0.3, -0.25) is 10.2 Å². The second kappa shape index (κ2) is 6.68. The number of amides is 1. The maximum absolute atomic E-state index is 11.5. The summed E-state index contributed by atoms with van der Waals surface area (Å²) in [4.78, 5) is 11.5. The molecular weight excluding hydrogens is 240 g/mol. The fraction of sp³-hybridized carbons (Fsp3) is 0.533. The number of nitrogens with zero attached hydrogens (tertiary/aromatic N) is 1. The first-order valence-corrected chi connectivity index (χ1v) is 6.96. The van der Waals surface area contributed by atoms with Crippen LogP contribution in [0.2, 0.25) is 0 Å². The van der Waals surface area contributed by atoms with Crippen LogP contribution in [0.15, 0.2) is 30.3 Å². The molecule has 1 heterocycles. The quantitative estimate of drug-likeness (QED) is 0.814. The van der Waals surface area contributed by atoms with Crippen molar-refractivity contribution in [3.8, 4) is 0 Å². The number of hydrogen-bond donors (Lipinski definition) is 2. The van der Waals surface area contributed by atoms with Crippen LogP contribution in [0.1, 0.15) is 25.3 Å². The van der Waals surface area contributed by atoms with Crippen molar-refractivity contribution in [1.29, 1.82) is 0 Å². The van der Waals surface area contributed by atoms with E-state index in [-0.39, 0.29) is 17.9 Å². The van der Waals surface area contributed by atoms with Gasteiger partial charge in [0.2, 0.25) is 5.91 Å². The molecule has 2 atom stereocenters. The molecule has 2 unspecified atom stereocenters. The number of aliphatic hydroxyl groups is 1. The Hall–Kier alpha value is -1.39. The van der Waals surface area contributed by atoms with Gasteiger partial charge in [-0.1, -0.05) is 37.3 Å². The minimum atomic E-state index is -0.361. The molecule has 104 valence electrons. The van der Waals surface area contributed by atoms with E-state index in [0.29, 0.717) is 19.4 Å². The molecule has 1 saturated heterocycles. The van der Waals surface area contributed by atoms with Crippen LogP contribution in [0, 0.1) is 5.92 Å². The van der Waals surface area contributed by atoms with Crippen LogP contribution < -0.4 is 5.43 Å². The largest absolute Gasteiger partial charge is 0.393 e. The van der Waals surface area contributed by atoms with Crippen molar-refractivity contribution in [3.63, 3.8) is 0 Å². The van der Waals surface area contributed by atoms with Crippen molar-refractivity contribution in [2.24, 2.45) is 5.92 Å². The van der Waals surface area contributed by atoms with Gasteiger partial charge in [-0.15, -0.1) is 0 Å². The topological polar surface area (TPSA) is 52.6 Å². The smallest absolute Gasteiger partial charge is 0.238 e. The predicted octanol–water partition coefficient (Wildman–Crippen LogP) is 1.35. The summed E-state index contributed by atoms with van der Waals surface area (Å²) in [6, 6.07) is 9.98. The molecule has 0 spiro atoms. The van der Waals surface area contributed by atoms with Gasteiger partial charge in [0.05, 0.1) is 12.0 Å². The lowest BCUT2D eigenvalue weighted by molar-refractivity contribution is -0.123. The molecule has 1 fully saturated rings. The van der Waals surface area contributed by atoms with Crippen LogP contribution in [-0.4, -0.2) is 35.2 Å². The number of hydrogen-bond acceptors (Lipinski definition) is 3. The summed E-state index contributed by atoms with van der Waals surface area (Å²) in [5.41, 5.74) is 4.00. The number of nitrogens with one attached hydrogen (secondary N) is 1. The Labute approximate surface area is 114 Å². The molecule has 0 aromatic heterocycles. The van der Waals surface area contributed by atoms with Gasteiger partial charge in [0.15, 0.2) is 0 Å². The maximum Gasteiger partial charge on any atom is 0.238 e. The van der Waals surface area contributed by atoms with E-state index >= 15 is 0 Å². The minimum absolute atomic E-state index is 0.103. The van der Waals surface area contributed by atoms with Crippen LogP contribution >= 0.6 is 0 Å². The second-order valence-corrected chi connectivity index (χ2v) is 5.16. The molecule has 4 nitrogen and oxygen atoms in total. The molecule has 0 aliphatic carbocycles. The van der Waals surface area contributed by atoms with Gasteiger partial charge in [0.1, 0.15) is 0 Å². The van der Waals surface area contributed by atoms with E-state index in [1.54, 1.807) is 0 Å². The van der Waals surface area contributed by atoms with Crippen LogP contribution in [-0.2, 0) is 11.2 Å². The average Bonchev–Trinajstić information content (AvgIpc) is 2.78. The molecule has 1 aromatic rings. The Morgan fingerprint density at radius 2 is 2.16 bits per heavy atom. The highest BCUT2D eigenvalue weighted by molar-refractivity contribution is 5.80. The van der Waals surface area contributed by atoms with Crippen LogP contribution in [0.25, 0.3) is 0 Å². The first kappa shape index (κ1) is 14.0. The van der Waals surface area contributed by atoms with Crippen LogP contribution in [0.3, 0.4) is 0 Å². The molecule has 2 N–H and O–H groups in total. The minimum Gasteiger partial charge on any atom is -0.393 e. The highest BCUT2D eigenvalue weighted by Gasteiger charge is 2.28. The molecule has 1 aliphatic rings. The molecule has 0 saturated carbocycles. The Morgan fingerprint density at radius 1 is 1.42 bits per heavy atom. The predicted molar refractivity (Wildman–Crippen MR) is 74.3 cm³/mol. The summed E-state index contributed by atoms with van der Waals surface area (Å²) >= 11 is 0. The molecule has 19 heavy (non-hydrogen) atoms. The summed E-state index contributed by atoms with van der Waals surface area (Å²) in [5, 5.41) is 11.9. The number of carbonyl (C=O) groups is 1. The van der Waals surface area contributed by atoms with Crippen molar-refractivity contribution < 1.29 is 9.90 Å². The van der Waals surface area contributed by atoms with Gasteiger partial charge in [-0.05, 0) is 24.8 Å². The third-order valence-corrected chi connectivity index (χ3v) is 3.62. The number of carbonyl (C=O) groups excluding carboxylic acids is 1. The number of hydrazine groups is 1. The lowest BCUT2D eigenvalue weighted by Gasteiger charge is -2.17. The molecule has 4 heteroatoms. The lowest BCUT2D eigenvalue weighted by atomic mass is 10.1. The summed E-state index contributed by atoms with van der Waals surface area (Å²) < 4.78 is 0. The monoisotopic (exact) mass is 262 g/mol. The second-order valence-electron chi connectivity index (χ2n) is 5.16. The van der Waals surface area contributed by atoms with Gasteiger partial charge in [-0.2, -0.15) is 0 Å². The molecule has 1 amide bonds. The molecular formula is C15H22N2O2. The van der Waals surface area contributed by atoms with E-state index in [0.717, 1.165) is 18.5 Å².